The van der Waals surface area contributed by atoms with Crippen molar-refractivity contribution >= 4 is 9.84 Å². The minimum Gasteiger partial charge on any atom is -0.376 e. The standard InChI is InChI=1S/C13H24N4O3S/c1-3-6-11(14)12-15-16-13(21(18,19)4-2)17(12)9-10-7-5-8-20-10/h10-11H,3-9,14H2,1-2H3. The second-order valence-electron chi connectivity index (χ2n) is 5.38. The van der Waals surface area contributed by atoms with Gasteiger partial charge >= 0.3 is 0 Å². The average Bonchev–Trinajstić information content (AvgIpc) is 3.09. The molecule has 1 aromatic heterocycles. The number of hydrogen-bond acceptors (Lipinski definition) is 6. The molecule has 0 radical (unpaired) electrons. The molecule has 2 heterocycles. The minimum absolute atomic E-state index is 0.000324. The summed E-state index contributed by atoms with van der Waals surface area (Å²) in [5.41, 5.74) is 6.12. The summed E-state index contributed by atoms with van der Waals surface area (Å²) >= 11 is 0. The van der Waals surface area contributed by atoms with Crippen molar-refractivity contribution in [2.45, 2.75) is 63.4 Å². The molecule has 1 fully saturated rings. The minimum atomic E-state index is -3.42. The van der Waals surface area contributed by atoms with E-state index in [2.05, 4.69) is 10.2 Å². The van der Waals surface area contributed by atoms with Crippen molar-refractivity contribution in [3.63, 3.8) is 0 Å². The monoisotopic (exact) mass is 316 g/mol. The van der Waals surface area contributed by atoms with Crippen LogP contribution in [0.2, 0.25) is 0 Å². The van der Waals surface area contributed by atoms with Crippen LogP contribution in [0.25, 0.3) is 0 Å². The second-order valence-corrected chi connectivity index (χ2v) is 7.56. The van der Waals surface area contributed by atoms with E-state index in [1.807, 2.05) is 6.92 Å². The highest BCUT2D eigenvalue weighted by atomic mass is 32.2. The van der Waals surface area contributed by atoms with E-state index in [-0.39, 0.29) is 23.1 Å². The number of nitrogens with zero attached hydrogens (tertiary/aromatic N) is 3. The van der Waals surface area contributed by atoms with Crippen LogP contribution < -0.4 is 5.73 Å². The molecule has 0 bridgehead atoms. The number of rotatable bonds is 7. The predicted octanol–water partition coefficient (Wildman–Crippen LogP) is 1.05. The lowest BCUT2D eigenvalue weighted by Gasteiger charge is -2.17. The van der Waals surface area contributed by atoms with Crippen LogP contribution in [-0.4, -0.2) is 41.6 Å². The SMILES string of the molecule is CCCC(N)c1nnc(S(=O)(=O)CC)n1CC1CCCO1. The summed E-state index contributed by atoms with van der Waals surface area (Å²) in [5.74, 6) is 0.541. The van der Waals surface area contributed by atoms with Gasteiger partial charge in [0.25, 0.3) is 0 Å². The fourth-order valence-electron chi connectivity index (χ4n) is 2.54. The Kier molecular flexibility index (Phi) is 5.34. The number of sulfone groups is 1. The summed E-state index contributed by atoms with van der Waals surface area (Å²) in [6.45, 7) is 4.81. The van der Waals surface area contributed by atoms with Gasteiger partial charge in [0.15, 0.2) is 5.82 Å². The molecule has 120 valence electrons. The van der Waals surface area contributed by atoms with E-state index in [1.54, 1.807) is 11.5 Å². The Bertz CT molecular complexity index is 564. The van der Waals surface area contributed by atoms with Crippen LogP contribution in [0.3, 0.4) is 0 Å². The summed E-state index contributed by atoms with van der Waals surface area (Å²) < 4.78 is 31.6. The molecule has 0 amide bonds. The number of aromatic nitrogens is 3. The first kappa shape index (κ1) is 16.4. The molecule has 1 saturated heterocycles. The van der Waals surface area contributed by atoms with Crippen molar-refractivity contribution in [2.75, 3.05) is 12.4 Å². The van der Waals surface area contributed by atoms with Crippen LogP contribution in [0.1, 0.15) is 51.4 Å². The lowest BCUT2D eigenvalue weighted by atomic mass is 10.1. The van der Waals surface area contributed by atoms with Gasteiger partial charge in [-0.3, -0.25) is 4.57 Å². The molecule has 0 saturated carbocycles. The molecule has 2 unspecified atom stereocenters. The molecule has 2 atom stereocenters. The second kappa shape index (κ2) is 6.85. The molecule has 8 heteroatoms. The van der Waals surface area contributed by atoms with Crippen molar-refractivity contribution in [2.24, 2.45) is 5.73 Å². The molecule has 1 aromatic rings. The first-order valence-electron chi connectivity index (χ1n) is 7.52. The fourth-order valence-corrected chi connectivity index (χ4v) is 3.46. The Balaban J connectivity index is 2.36. The first-order chi connectivity index (χ1) is 9.99. The Morgan fingerprint density at radius 3 is 2.76 bits per heavy atom. The Labute approximate surface area is 125 Å². The van der Waals surface area contributed by atoms with Gasteiger partial charge in [-0.25, -0.2) is 8.42 Å². The molecular formula is C13H24N4O3S. The van der Waals surface area contributed by atoms with Crippen LogP contribution >= 0.6 is 0 Å². The molecule has 1 aliphatic heterocycles. The van der Waals surface area contributed by atoms with Gasteiger partial charge in [0.1, 0.15) is 0 Å². The lowest BCUT2D eigenvalue weighted by molar-refractivity contribution is 0.0936. The lowest BCUT2D eigenvalue weighted by Crippen LogP contribution is -2.24. The van der Waals surface area contributed by atoms with Gasteiger partial charge < -0.3 is 10.5 Å². The van der Waals surface area contributed by atoms with Crippen LogP contribution in [-0.2, 0) is 21.1 Å². The predicted molar refractivity (Wildman–Crippen MR) is 78.6 cm³/mol. The van der Waals surface area contributed by atoms with Crippen molar-refractivity contribution < 1.29 is 13.2 Å². The van der Waals surface area contributed by atoms with Crippen molar-refractivity contribution in [1.29, 1.82) is 0 Å². The van der Waals surface area contributed by atoms with Crippen LogP contribution in [0.15, 0.2) is 5.16 Å². The molecule has 1 aliphatic rings. The quantitative estimate of drug-likeness (QED) is 0.807. The van der Waals surface area contributed by atoms with E-state index < -0.39 is 9.84 Å². The number of hydrogen-bond donors (Lipinski definition) is 1. The third-order valence-corrected chi connectivity index (χ3v) is 5.36. The Morgan fingerprint density at radius 1 is 1.43 bits per heavy atom. The van der Waals surface area contributed by atoms with E-state index in [0.717, 1.165) is 32.3 Å². The fraction of sp³-hybridized carbons (Fsp3) is 0.846. The summed E-state index contributed by atoms with van der Waals surface area (Å²) in [5, 5.41) is 7.95. The summed E-state index contributed by atoms with van der Waals surface area (Å²) in [4.78, 5) is 0. The van der Waals surface area contributed by atoms with E-state index in [4.69, 9.17) is 10.5 Å². The zero-order valence-electron chi connectivity index (χ0n) is 12.7. The molecule has 21 heavy (non-hydrogen) atoms. The highest BCUT2D eigenvalue weighted by Gasteiger charge is 2.28. The molecule has 2 rings (SSSR count). The van der Waals surface area contributed by atoms with Gasteiger partial charge in [-0.15, -0.1) is 10.2 Å². The third-order valence-electron chi connectivity index (χ3n) is 3.75. The molecule has 7 nitrogen and oxygen atoms in total. The maximum absolute atomic E-state index is 12.2. The molecular weight excluding hydrogens is 292 g/mol. The topological polar surface area (TPSA) is 100 Å². The molecule has 0 aliphatic carbocycles. The van der Waals surface area contributed by atoms with Crippen LogP contribution in [0, 0.1) is 0 Å². The molecule has 0 spiro atoms. The van der Waals surface area contributed by atoms with Crippen LogP contribution in [0.4, 0.5) is 0 Å². The molecule has 0 aromatic carbocycles. The van der Waals surface area contributed by atoms with E-state index in [0.29, 0.717) is 12.4 Å². The van der Waals surface area contributed by atoms with E-state index in [9.17, 15) is 8.42 Å². The van der Waals surface area contributed by atoms with Gasteiger partial charge in [0, 0.05) is 6.61 Å². The smallest absolute Gasteiger partial charge is 0.249 e. The summed E-state index contributed by atoms with van der Waals surface area (Å²) in [6.07, 6.45) is 3.59. The largest absolute Gasteiger partial charge is 0.376 e. The van der Waals surface area contributed by atoms with Crippen molar-refractivity contribution in [3.05, 3.63) is 5.82 Å². The highest BCUT2D eigenvalue weighted by molar-refractivity contribution is 7.91. The van der Waals surface area contributed by atoms with Crippen LogP contribution in [0.5, 0.6) is 0 Å². The maximum Gasteiger partial charge on any atom is 0.249 e. The summed E-state index contributed by atoms with van der Waals surface area (Å²) in [6, 6.07) is -0.301. The van der Waals surface area contributed by atoms with Gasteiger partial charge in [0.05, 0.1) is 24.4 Å². The van der Waals surface area contributed by atoms with E-state index >= 15 is 0 Å². The average molecular weight is 316 g/mol. The Hall–Kier alpha value is -0.990. The highest BCUT2D eigenvalue weighted by Crippen LogP contribution is 2.22. The van der Waals surface area contributed by atoms with Gasteiger partial charge in [-0.2, -0.15) is 0 Å². The maximum atomic E-state index is 12.2. The van der Waals surface area contributed by atoms with E-state index in [1.165, 1.54) is 0 Å². The summed E-state index contributed by atoms with van der Waals surface area (Å²) in [7, 11) is -3.42. The number of ether oxygens (including phenoxy) is 1. The molecule has 2 N–H and O–H groups in total. The van der Waals surface area contributed by atoms with Gasteiger partial charge in [0.2, 0.25) is 15.0 Å². The first-order valence-corrected chi connectivity index (χ1v) is 9.17. The zero-order chi connectivity index (χ0) is 15.5. The van der Waals surface area contributed by atoms with Gasteiger partial charge in [-0.1, -0.05) is 20.3 Å². The van der Waals surface area contributed by atoms with Crippen molar-refractivity contribution in [1.82, 2.24) is 14.8 Å². The van der Waals surface area contributed by atoms with Gasteiger partial charge in [-0.05, 0) is 19.3 Å². The third kappa shape index (κ3) is 3.61. The van der Waals surface area contributed by atoms with Crippen molar-refractivity contribution in [3.8, 4) is 0 Å². The Morgan fingerprint density at radius 2 is 2.19 bits per heavy atom. The normalized spacial score (nSPS) is 20.8. The number of nitrogens with two attached hydrogens (primary N) is 1. The zero-order valence-corrected chi connectivity index (χ0v) is 13.5.